The first-order valence-corrected chi connectivity index (χ1v) is 12.0. The van der Waals surface area contributed by atoms with Crippen LogP contribution >= 0.6 is 0 Å². The van der Waals surface area contributed by atoms with Gasteiger partial charge >= 0.3 is 0 Å². The number of rotatable bonds is 0. The predicted octanol–water partition coefficient (Wildman–Crippen LogP) is 3.80. The minimum atomic E-state index is -1.38. The first-order chi connectivity index (χ1) is 16.7. The van der Waals surface area contributed by atoms with Crippen LogP contribution < -0.4 is 0 Å². The molecular weight excluding hydrogens is 436 g/mol. The summed E-state index contributed by atoms with van der Waals surface area (Å²) < 4.78 is 0. The van der Waals surface area contributed by atoms with E-state index in [2.05, 4.69) is 23.7 Å². The summed E-state index contributed by atoms with van der Waals surface area (Å²) in [6, 6.07) is 22.4. The van der Waals surface area contributed by atoms with Gasteiger partial charge in [0.1, 0.15) is 5.60 Å². The van der Waals surface area contributed by atoms with Crippen molar-refractivity contribution in [3.05, 3.63) is 95.1 Å². The van der Waals surface area contributed by atoms with Crippen molar-refractivity contribution in [2.24, 2.45) is 0 Å². The highest BCUT2D eigenvalue weighted by Crippen LogP contribution is 2.41. The van der Waals surface area contributed by atoms with Gasteiger partial charge in [-0.25, -0.2) is 0 Å². The zero-order valence-electron chi connectivity index (χ0n) is 19.3. The summed E-state index contributed by atoms with van der Waals surface area (Å²) in [6.45, 7) is 0. The second-order valence-electron chi connectivity index (χ2n) is 10.1. The number of aliphatic hydroxyl groups is 4. The molecule has 4 atom stereocenters. The van der Waals surface area contributed by atoms with Crippen LogP contribution in [0.5, 0.6) is 0 Å². The second-order valence-corrected chi connectivity index (χ2v) is 10.1. The van der Waals surface area contributed by atoms with E-state index >= 15 is 0 Å². The normalized spacial score (nSPS) is 32.5. The molecule has 4 nitrogen and oxygen atoms in total. The van der Waals surface area contributed by atoms with Crippen molar-refractivity contribution in [2.75, 3.05) is 0 Å². The predicted molar refractivity (Wildman–Crippen MR) is 133 cm³/mol. The highest BCUT2D eigenvalue weighted by molar-refractivity contribution is 5.65. The summed E-state index contributed by atoms with van der Waals surface area (Å²) >= 11 is 0. The van der Waals surface area contributed by atoms with E-state index in [1.165, 1.54) is 0 Å². The molecule has 0 heterocycles. The van der Waals surface area contributed by atoms with E-state index in [0.717, 1.165) is 11.1 Å². The lowest BCUT2D eigenvalue weighted by Gasteiger charge is -2.33. The van der Waals surface area contributed by atoms with Gasteiger partial charge in [-0.15, -0.1) is 0 Å². The maximum absolute atomic E-state index is 11.5. The average molecular weight is 463 g/mol. The Balaban J connectivity index is 1.54. The molecule has 0 amide bonds. The molecule has 0 fully saturated rings. The van der Waals surface area contributed by atoms with Crippen LogP contribution in [0.1, 0.15) is 54.4 Å². The molecule has 4 unspecified atom stereocenters. The van der Waals surface area contributed by atoms with Gasteiger partial charge < -0.3 is 20.4 Å². The van der Waals surface area contributed by atoms with Gasteiger partial charge in [-0.3, -0.25) is 0 Å². The Morgan fingerprint density at radius 1 is 0.514 bits per heavy atom. The number of benzene rings is 3. The van der Waals surface area contributed by atoms with Gasteiger partial charge in [0.05, 0.1) is 0 Å². The van der Waals surface area contributed by atoms with E-state index in [1.807, 2.05) is 48.5 Å². The van der Waals surface area contributed by atoms with Crippen molar-refractivity contribution in [3.63, 3.8) is 0 Å². The highest BCUT2D eigenvalue weighted by Gasteiger charge is 2.40. The van der Waals surface area contributed by atoms with E-state index < -0.39 is 22.4 Å². The third kappa shape index (κ3) is 3.59. The molecule has 0 saturated carbocycles. The molecule has 35 heavy (non-hydrogen) atoms. The maximum atomic E-state index is 11.5. The molecule has 7 aliphatic rings. The van der Waals surface area contributed by atoms with Crippen LogP contribution in [-0.2, 0) is 22.4 Å². The van der Waals surface area contributed by atoms with E-state index in [9.17, 15) is 20.4 Å². The number of fused-ring (bicyclic) bond motifs is 1. The lowest BCUT2D eigenvalue weighted by molar-refractivity contribution is 0.00438. The van der Waals surface area contributed by atoms with Gasteiger partial charge in [0.2, 0.25) is 0 Å². The Morgan fingerprint density at radius 3 is 1.69 bits per heavy atom. The van der Waals surface area contributed by atoms with Crippen LogP contribution in [-0.4, -0.2) is 20.4 Å². The van der Waals surface area contributed by atoms with Crippen molar-refractivity contribution >= 4 is 0 Å². The summed E-state index contributed by atoms with van der Waals surface area (Å²) in [6.07, 6.45) is 1.37. The topological polar surface area (TPSA) is 80.9 Å². The van der Waals surface area contributed by atoms with E-state index in [4.69, 9.17) is 0 Å². The van der Waals surface area contributed by atoms with Crippen LogP contribution in [0.2, 0.25) is 0 Å². The largest absolute Gasteiger partial charge is 0.384 e. The Labute approximate surface area is 204 Å². The number of hydrogen-bond acceptors (Lipinski definition) is 4. The van der Waals surface area contributed by atoms with Crippen LogP contribution in [0, 0.1) is 23.7 Å². The van der Waals surface area contributed by atoms with Gasteiger partial charge in [-0.05, 0) is 65.1 Å². The second kappa shape index (κ2) is 7.56. The first kappa shape index (κ1) is 22.1. The quantitative estimate of drug-likeness (QED) is 0.383. The van der Waals surface area contributed by atoms with Gasteiger partial charge in [-0.2, -0.15) is 0 Å². The van der Waals surface area contributed by atoms with Crippen molar-refractivity contribution in [2.45, 2.75) is 54.5 Å². The zero-order valence-corrected chi connectivity index (χ0v) is 19.3. The molecule has 0 spiro atoms. The van der Waals surface area contributed by atoms with Gasteiger partial charge in [-0.1, -0.05) is 90.4 Å². The Hall–Kier alpha value is -3.38. The summed E-state index contributed by atoms with van der Waals surface area (Å²) in [5, 5.41) is 45.6. The molecule has 10 rings (SSSR count). The summed E-state index contributed by atoms with van der Waals surface area (Å²) in [5.74, 6) is 11.9. The van der Waals surface area contributed by atoms with Crippen LogP contribution in [0.15, 0.2) is 72.8 Å². The lowest BCUT2D eigenvalue weighted by Crippen LogP contribution is -2.35. The van der Waals surface area contributed by atoms with Gasteiger partial charge in [0, 0.05) is 6.42 Å². The van der Waals surface area contributed by atoms with Crippen molar-refractivity contribution in [1.29, 1.82) is 0 Å². The van der Waals surface area contributed by atoms with Crippen molar-refractivity contribution in [1.82, 2.24) is 0 Å². The summed E-state index contributed by atoms with van der Waals surface area (Å²) in [7, 11) is 0. The molecule has 0 saturated heterocycles. The van der Waals surface area contributed by atoms with Crippen LogP contribution in [0.3, 0.4) is 0 Å². The Kier molecular flexibility index (Phi) is 4.77. The van der Waals surface area contributed by atoms with Gasteiger partial charge in [0.25, 0.3) is 0 Å². The summed E-state index contributed by atoms with van der Waals surface area (Å²) in [5.41, 5.74) is -0.757. The minimum Gasteiger partial charge on any atom is -0.384 e. The first-order valence-electron chi connectivity index (χ1n) is 12.0. The molecule has 0 aromatic heterocycles. The van der Waals surface area contributed by atoms with Crippen LogP contribution in [0.4, 0.5) is 0 Å². The van der Waals surface area contributed by atoms with E-state index in [-0.39, 0.29) is 19.3 Å². The number of hydrogen-bond donors (Lipinski definition) is 4. The standard InChI is InChI=1S/C31H26O4/c32-28-13-2-14-29(33,16-15-28)27-4-1-3-23(21-27)22-5-7-24(8-6-22)30(34)17-19-31(35,20-18-30)26-11-9-25(28)10-12-26/h1,3-12,21,32-35H,13,15-17,19H2. The lowest BCUT2D eigenvalue weighted by atomic mass is 9.77. The Morgan fingerprint density at radius 2 is 1.06 bits per heavy atom. The molecule has 0 aliphatic heterocycles. The third-order valence-corrected chi connectivity index (χ3v) is 7.84. The molecule has 7 aliphatic carbocycles. The molecule has 0 radical (unpaired) electrons. The molecule has 10 bridgehead atoms. The third-order valence-electron chi connectivity index (χ3n) is 7.84. The van der Waals surface area contributed by atoms with Crippen molar-refractivity contribution in [3.8, 4) is 34.8 Å². The SMILES string of the molecule is OC12C#CC(O)(CC1)c1ccc(cc1)C1(O)CC#CC(O)(CC1)c1cccc(c1)-c1ccc2cc1. The Bertz CT molecular complexity index is 1440. The molecular formula is C31H26O4. The molecule has 4 N–H and O–H groups in total. The molecule has 3 aromatic rings. The monoisotopic (exact) mass is 462 g/mol. The minimum absolute atomic E-state index is 0.201. The zero-order chi connectivity index (χ0) is 24.3. The maximum Gasteiger partial charge on any atom is 0.151 e. The smallest absolute Gasteiger partial charge is 0.151 e. The average Bonchev–Trinajstić information content (AvgIpc) is 3.05. The molecule has 174 valence electrons. The fraction of sp³-hybridized carbons (Fsp3) is 0.290. The van der Waals surface area contributed by atoms with Crippen molar-refractivity contribution < 1.29 is 20.4 Å². The van der Waals surface area contributed by atoms with E-state index in [0.29, 0.717) is 35.1 Å². The van der Waals surface area contributed by atoms with E-state index in [1.54, 1.807) is 24.3 Å². The molecule has 4 heteroatoms. The fourth-order valence-corrected chi connectivity index (χ4v) is 5.42. The van der Waals surface area contributed by atoms with Crippen LogP contribution in [0.25, 0.3) is 11.1 Å². The summed E-state index contributed by atoms with van der Waals surface area (Å²) in [4.78, 5) is 0. The van der Waals surface area contributed by atoms with Gasteiger partial charge in [0.15, 0.2) is 16.8 Å². The fourth-order valence-electron chi connectivity index (χ4n) is 5.42. The highest BCUT2D eigenvalue weighted by atomic mass is 16.3. The molecule has 3 aromatic carbocycles.